The van der Waals surface area contributed by atoms with Crippen molar-refractivity contribution < 1.29 is 17.6 Å². The summed E-state index contributed by atoms with van der Waals surface area (Å²) < 4.78 is 45.1. The normalized spacial score (nSPS) is 17.0. The van der Waals surface area contributed by atoms with Gasteiger partial charge in [0.25, 0.3) is 0 Å². The first-order chi connectivity index (χ1) is 15.9. The van der Waals surface area contributed by atoms with Crippen molar-refractivity contribution in [1.29, 1.82) is 0 Å². The number of nitrogens with zero attached hydrogens (tertiary/aromatic N) is 4. The summed E-state index contributed by atoms with van der Waals surface area (Å²) in [5, 5.41) is 0.214. The zero-order chi connectivity index (χ0) is 23.0. The Bertz CT molecular complexity index is 1200. The van der Waals surface area contributed by atoms with Crippen LogP contribution < -0.4 is 0 Å². The van der Waals surface area contributed by atoms with Gasteiger partial charge in [-0.3, -0.25) is 9.89 Å². The lowest BCUT2D eigenvalue weighted by molar-refractivity contribution is -0.137. The Balaban J connectivity index is 1.29. The summed E-state index contributed by atoms with van der Waals surface area (Å²) in [6.07, 6.45) is 1.42. The zero-order valence-electron chi connectivity index (χ0n) is 17.8. The number of aromatic nitrogens is 2. The molecule has 4 heterocycles. The number of rotatable bonds is 4. The lowest BCUT2D eigenvalue weighted by Gasteiger charge is -2.27. The first-order valence-corrected chi connectivity index (χ1v) is 11.3. The van der Waals surface area contributed by atoms with Crippen LogP contribution in [0.2, 0.25) is 5.02 Å². The fourth-order valence-electron chi connectivity index (χ4n) is 4.25. The van der Waals surface area contributed by atoms with Gasteiger partial charge in [-0.05, 0) is 49.6 Å². The van der Waals surface area contributed by atoms with Gasteiger partial charge in [-0.1, -0.05) is 11.6 Å². The number of hydrogen-bond donors (Lipinski definition) is 0. The number of alkyl halides is 3. The maximum absolute atomic E-state index is 13.1. The van der Waals surface area contributed by atoms with Crippen molar-refractivity contribution in [1.82, 2.24) is 14.9 Å². The Kier molecular flexibility index (Phi) is 5.97. The number of halogens is 4. The molecule has 9 heteroatoms. The van der Waals surface area contributed by atoms with Gasteiger partial charge in [0.15, 0.2) is 5.82 Å². The summed E-state index contributed by atoms with van der Waals surface area (Å²) in [4.78, 5) is 16.1. The minimum absolute atomic E-state index is 0.214. The molecular formula is C24H22ClF3N4O. The van der Waals surface area contributed by atoms with Crippen LogP contribution in [0.5, 0.6) is 0 Å². The van der Waals surface area contributed by atoms with E-state index in [0.29, 0.717) is 24.6 Å². The van der Waals surface area contributed by atoms with Crippen LogP contribution in [-0.2, 0) is 25.7 Å². The van der Waals surface area contributed by atoms with E-state index >= 15 is 0 Å². The standard InChI is InChI=1S/C24H22ClF3N4O/c25-19-6-4-16(24(26,27)28)11-18(19)22-7-5-17(33-22)14-32-10-8-20-15(13-32)12-30-23(31-20)21-3-1-2-9-29-21/h4-7,11-12H,1-3,8-10,13-14H2. The van der Waals surface area contributed by atoms with E-state index in [9.17, 15) is 13.2 Å². The molecule has 0 unspecified atom stereocenters. The summed E-state index contributed by atoms with van der Waals surface area (Å²) in [6, 6.07) is 6.68. The maximum Gasteiger partial charge on any atom is 0.416 e. The molecule has 3 aromatic rings. The molecule has 0 radical (unpaired) electrons. The van der Waals surface area contributed by atoms with Gasteiger partial charge in [0.05, 0.1) is 28.5 Å². The quantitative estimate of drug-likeness (QED) is 0.469. The lowest BCUT2D eigenvalue weighted by atomic mass is 10.1. The van der Waals surface area contributed by atoms with E-state index in [-0.39, 0.29) is 10.6 Å². The average molecular weight is 475 g/mol. The van der Waals surface area contributed by atoms with Gasteiger partial charge in [-0.2, -0.15) is 13.2 Å². The van der Waals surface area contributed by atoms with Gasteiger partial charge < -0.3 is 4.42 Å². The third-order valence-corrected chi connectivity index (χ3v) is 6.33. The zero-order valence-corrected chi connectivity index (χ0v) is 18.6. The topological polar surface area (TPSA) is 54.5 Å². The minimum Gasteiger partial charge on any atom is -0.460 e. The summed E-state index contributed by atoms with van der Waals surface area (Å²) in [5.41, 5.74) is 2.61. The van der Waals surface area contributed by atoms with Crippen LogP contribution in [0.3, 0.4) is 0 Å². The fourth-order valence-corrected chi connectivity index (χ4v) is 4.46. The Labute approximate surface area is 194 Å². The van der Waals surface area contributed by atoms with Gasteiger partial charge in [0.2, 0.25) is 0 Å². The first-order valence-electron chi connectivity index (χ1n) is 10.9. The molecule has 0 N–H and O–H groups in total. The van der Waals surface area contributed by atoms with Crippen molar-refractivity contribution in [3.63, 3.8) is 0 Å². The van der Waals surface area contributed by atoms with E-state index < -0.39 is 11.7 Å². The second kappa shape index (κ2) is 8.91. The van der Waals surface area contributed by atoms with Crippen molar-refractivity contribution >= 4 is 17.3 Å². The van der Waals surface area contributed by atoms with Crippen LogP contribution in [0.1, 0.15) is 47.7 Å². The lowest BCUT2D eigenvalue weighted by Crippen LogP contribution is -2.31. The second-order valence-electron chi connectivity index (χ2n) is 8.37. The maximum atomic E-state index is 13.1. The second-order valence-corrected chi connectivity index (χ2v) is 8.78. The van der Waals surface area contributed by atoms with E-state index in [1.165, 1.54) is 6.07 Å². The van der Waals surface area contributed by atoms with Gasteiger partial charge in [0, 0.05) is 43.4 Å². The molecule has 0 atom stereocenters. The Hall–Kier alpha value is -2.71. The summed E-state index contributed by atoms with van der Waals surface area (Å²) in [5.74, 6) is 1.73. The molecule has 33 heavy (non-hydrogen) atoms. The van der Waals surface area contributed by atoms with Crippen LogP contribution in [0.15, 0.2) is 45.9 Å². The number of fused-ring (bicyclic) bond motifs is 1. The molecule has 172 valence electrons. The number of hydrogen-bond acceptors (Lipinski definition) is 5. The molecule has 2 aliphatic heterocycles. The third kappa shape index (κ3) is 4.82. The van der Waals surface area contributed by atoms with E-state index in [0.717, 1.165) is 73.7 Å². The number of aliphatic imine (C=N–C) groups is 1. The predicted molar refractivity (Wildman–Crippen MR) is 119 cm³/mol. The minimum atomic E-state index is -4.44. The van der Waals surface area contributed by atoms with Crippen LogP contribution in [0, 0.1) is 0 Å². The highest BCUT2D eigenvalue weighted by Crippen LogP contribution is 2.36. The Morgan fingerprint density at radius 3 is 2.76 bits per heavy atom. The molecule has 2 aliphatic rings. The number of furan rings is 1. The van der Waals surface area contributed by atoms with Gasteiger partial charge >= 0.3 is 6.18 Å². The Morgan fingerprint density at radius 1 is 1.09 bits per heavy atom. The predicted octanol–water partition coefficient (Wildman–Crippen LogP) is 5.94. The molecule has 0 aliphatic carbocycles. The van der Waals surface area contributed by atoms with Gasteiger partial charge in [0.1, 0.15) is 11.5 Å². The SMILES string of the molecule is FC(F)(F)c1ccc(Cl)c(-c2ccc(CN3CCc4nc(C5=NCCCC5)ncc4C3)o2)c1. The van der Waals surface area contributed by atoms with Crippen LogP contribution in [0.4, 0.5) is 13.2 Å². The highest BCUT2D eigenvalue weighted by molar-refractivity contribution is 6.33. The molecule has 5 nitrogen and oxygen atoms in total. The highest BCUT2D eigenvalue weighted by Gasteiger charge is 2.31. The molecule has 0 spiro atoms. The van der Waals surface area contributed by atoms with E-state index in [1.54, 1.807) is 12.1 Å². The summed E-state index contributed by atoms with van der Waals surface area (Å²) >= 11 is 6.15. The molecule has 0 saturated carbocycles. The molecule has 1 aromatic carbocycles. The van der Waals surface area contributed by atoms with Gasteiger partial charge in [-0.25, -0.2) is 9.97 Å². The molecule has 0 amide bonds. The highest BCUT2D eigenvalue weighted by atomic mass is 35.5. The first kappa shape index (κ1) is 22.1. The summed E-state index contributed by atoms with van der Waals surface area (Å²) in [6.45, 7) is 2.86. The van der Waals surface area contributed by atoms with Crippen molar-refractivity contribution in [2.45, 2.75) is 44.9 Å². The molecule has 0 saturated heterocycles. The molecule has 5 rings (SSSR count). The number of benzene rings is 1. The Morgan fingerprint density at radius 2 is 1.97 bits per heavy atom. The molecular weight excluding hydrogens is 453 g/mol. The smallest absolute Gasteiger partial charge is 0.416 e. The van der Waals surface area contributed by atoms with E-state index in [1.807, 2.05) is 6.20 Å². The van der Waals surface area contributed by atoms with Crippen molar-refractivity contribution in [3.05, 3.63) is 70.0 Å². The van der Waals surface area contributed by atoms with Crippen molar-refractivity contribution in [2.75, 3.05) is 13.1 Å². The van der Waals surface area contributed by atoms with Crippen LogP contribution in [0.25, 0.3) is 11.3 Å². The molecule has 2 aromatic heterocycles. The third-order valence-electron chi connectivity index (χ3n) is 6.00. The van der Waals surface area contributed by atoms with E-state index in [4.69, 9.17) is 21.0 Å². The largest absolute Gasteiger partial charge is 0.460 e. The molecule has 0 fully saturated rings. The average Bonchev–Trinajstić information content (AvgIpc) is 3.27. The van der Waals surface area contributed by atoms with E-state index in [2.05, 4.69) is 14.9 Å². The van der Waals surface area contributed by atoms with Crippen molar-refractivity contribution in [2.24, 2.45) is 4.99 Å². The fraction of sp³-hybridized carbons (Fsp3) is 0.375. The monoisotopic (exact) mass is 474 g/mol. The van der Waals surface area contributed by atoms with Crippen LogP contribution >= 0.6 is 11.6 Å². The summed E-state index contributed by atoms with van der Waals surface area (Å²) in [7, 11) is 0. The molecule has 0 bridgehead atoms. The van der Waals surface area contributed by atoms with Gasteiger partial charge in [-0.15, -0.1) is 0 Å². The van der Waals surface area contributed by atoms with Crippen molar-refractivity contribution in [3.8, 4) is 11.3 Å². The van der Waals surface area contributed by atoms with Crippen LogP contribution in [-0.4, -0.2) is 33.7 Å².